The number of hydrogen-bond acceptors (Lipinski definition) is 7. The first-order valence-corrected chi connectivity index (χ1v) is 46.2. The van der Waals surface area contributed by atoms with Gasteiger partial charge < -0.3 is 28.5 Å². The van der Waals surface area contributed by atoms with Gasteiger partial charge in [0, 0.05) is 12.8 Å². The third-order valence-electron chi connectivity index (χ3n) is 21.4. The van der Waals surface area contributed by atoms with Gasteiger partial charge in [-0.2, -0.15) is 0 Å². The topological polar surface area (TPSA) is 108 Å². The molecule has 0 saturated carbocycles. The highest BCUT2D eigenvalue weighted by Gasteiger charge is 2.25. The van der Waals surface area contributed by atoms with Crippen LogP contribution >= 0.6 is 0 Å². The van der Waals surface area contributed by atoms with Crippen LogP contribution in [0.15, 0.2) is 36.5 Å². The Balaban J connectivity index is 3.87. The highest BCUT2D eigenvalue weighted by Crippen LogP contribution is 2.21. The molecular formula is C94H180NO8+. The highest BCUT2D eigenvalue weighted by atomic mass is 16.7. The summed E-state index contributed by atoms with van der Waals surface area (Å²) in [5.41, 5.74) is 0. The van der Waals surface area contributed by atoms with Gasteiger partial charge in [-0.05, 0) is 70.6 Å². The number of carboxylic acid groups (broad SMARTS) is 1. The summed E-state index contributed by atoms with van der Waals surface area (Å²) < 4.78 is 23.1. The molecular weight excluding hydrogens is 1270 g/mol. The van der Waals surface area contributed by atoms with Crippen LogP contribution in [-0.2, 0) is 33.3 Å². The molecule has 2 unspecified atom stereocenters. The summed E-state index contributed by atoms with van der Waals surface area (Å²) in [6.45, 7) is 4.96. The smallest absolute Gasteiger partial charge is 0.361 e. The first-order chi connectivity index (χ1) is 50.6. The lowest BCUT2D eigenvalue weighted by atomic mass is 10.0. The summed E-state index contributed by atoms with van der Waals surface area (Å²) in [5.74, 6) is -1.96. The molecule has 0 aromatic carbocycles. The second-order valence-electron chi connectivity index (χ2n) is 33.0. The average molecular weight is 1450 g/mol. The second kappa shape index (κ2) is 85.1. The van der Waals surface area contributed by atoms with Crippen molar-refractivity contribution in [1.82, 2.24) is 0 Å². The van der Waals surface area contributed by atoms with E-state index in [2.05, 4.69) is 50.3 Å². The maximum Gasteiger partial charge on any atom is 0.361 e. The van der Waals surface area contributed by atoms with E-state index in [0.717, 1.165) is 44.9 Å². The lowest BCUT2D eigenvalue weighted by molar-refractivity contribution is -0.870. The fourth-order valence-corrected chi connectivity index (χ4v) is 14.3. The van der Waals surface area contributed by atoms with Crippen LogP contribution in [0.3, 0.4) is 0 Å². The maximum atomic E-state index is 13.0. The summed E-state index contributed by atoms with van der Waals surface area (Å²) in [7, 11) is 6.01. The molecule has 2 atom stereocenters. The van der Waals surface area contributed by atoms with E-state index in [9.17, 15) is 19.5 Å². The number of ether oxygens (including phenoxy) is 4. The molecule has 0 heterocycles. The van der Waals surface area contributed by atoms with Crippen molar-refractivity contribution in [1.29, 1.82) is 0 Å². The number of allylic oxidation sites excluding steroid dienone is 6. The summed E-state index contributed by atoms with van der Waals surface area (Å²) in [6.07, 6.45) is 109. The van der Waals surface area contributed by atoms with Gasteiger partial charge in [0.05, 0.1) is 34.4 Å². The first-order valence-electron chi connectivity index (χ1n) is 46.2. The lowest BCUT2D eigenvalue weighted by Gasteiger charge is -2.25. The van der Waals surface area contributed by atoms with Crippen molar-refractivity contribution in [2.75, 3.05) is 47.5 Å². The number of aliphatic carboxylic acids is 1. The normalized spacial score (nSPS) is 12.7. The minimum Gasteiger partial charge on any atom is -0.477 e. The molecule has 103 heavy (non-hydrogen) atoms. The van der Waals surface area contributed by atoms with Crippen molar-refractivity contribution < 1.29 is 42.9 Å². The van der Waals surface area contributed by atoms with Crippen LogP contribution in [0.1, 0.15) is 489 Å². The number of carboxylic acids is 1. The fraction of sp³-hybridized carbons (Fsp3) is 0.904. The van der Waals surface area contributed by atoms with Gasteiger partial charge in [0.25, 0.3) is 6.29 Å². The predicted molar refractivity (Wildman–Crippen MR) is 447 cm³/mol. The Kier molecular flexibility index (Phi) is 83.1. The van der Waals surface area contributed by atoms with Gasteiger partial charge in [0.1, 0.15) is 13.2 Å². The molecule has 1 N–H and O–H groups in total. The highest BCUT2D eigenvalue weighted by molar-refractivity contribution is 5.71. The molecule has 0 aromatic rings. The Hall–Kier alpha value is -2.49. The third-order valence-corrected chi connectivity index (χ3v) is 21.4. The molecule has 0 saturated heterocycles. The maximum absolute atomic E-state index is 13.0. The molecule has 9 nitrogen and oxygen atoms in total. The summed E-state index contributed by atoms with van der Waals surface area (Å²) >= 11 is 0. The minimum atomic E-state index is -1.51. The van der Waals surface area contributed by atoms with E-state index in [-0.39, 0.29) is 38.2 Å². The molecule has 0 radical (unpaired) electrons. The van der Waals surface area contributed by atoms with Crippen LogP contribution in [0.2, 0.25) is 0 Å². The van der Waals surface area contributed by atoms with Gasteiger partial charge in [0.15, 0.2) is 6.10 Å². The van der Waals surface area contributed by atoms with Crippen molar-refractivity contribution >= 4 is 17.9 Å². The number of carbonyl (C=O) groups is 3. The van der Waals surface area contributed by atoms with Crippen LogP contribution in [0.25, 0.3) is 0 Å². The van der Waals surface area contributed by atoms with Gasteiger partial charge in [-0.15, -0.1) is 0 Å². The van der Waals surface area contributed by atoms with Crippen LogP contribution in [0.5, 0.6) is 0 Å². The quantitative estimate of drug-likeness (QED) is 0.0211. The number of hydrogen-bond donors (Lipinski definition) is 1. The zero-order valence-corrected chi connectivity index (χ0v) is 70.0. The number of carbonyl (C=O) groups excluding carboxylic acids is 2. The molecule has 0 spiro atoms. The van der Waals surface area contributed by atoms with E-state index in [0.29, 0.717) is 17.4 Å². The molecule has 0 aromatic heterocycles. The van der Waals surface area contributed by atoms with Crippen molar-refractivity contribution in [3.8, 4) is 0 Å². The Labute approximate surface area is 642 Å². The molecule has 0 bridgehead atoms. The number of unbranched alkanes of at least 4 members (excludes halogenated alkanes) is 67. The van der Waals surface area contributed by atoms with E-state index in [4.69, 9.17) is 18.9 Å². The van der Waals surface area contributed by atoms with E-state index >= 15 is 0 Å². The number of rotatable bonds is 88. The van der Waals surface area contributed by atoms with E-state index < -0.39 is 18.4 Å². The second-order valence-corrected chi connectivity index (χ2v) is 33.0. The summed E-state index contributed by atoms with van der Waals surface area (Å²) in [4.78, 5) is 37.8. The molecule has 0 fully saturated rings. The predicted octanol–water partition coefficient (Wildman–Crippen LogP) is 30.2. The van der Waals surface area contributed by atoms with E-state index in [1.54, 1.807) is 0 Å². The largest absolute Gasteiger partial charge is 0.477 e. The molecule has 0 aliphatic rings. The van der Waals surface area contributed by atoms with Crippen LogP contribution < -0.4 is 0 Å². The van der Waals surface area contributed by atoms with Gasteiger partial charge in [0.2, 0.25) is 0 Å². The van der Waals surface area contributed by atoms with Crippen LogP contribution in [-0.4, -0.2) is 87.4 Å². The lowest BCUT2D eigenvalue weighted by Crippen LogP contribution is -2.40. The SMILES string of the molecule is CCCCCCC/C=C\C/C=C\CCCCCCCCCCCCCCCCCCCCCCCCCCCCCCCC(=O)OC(COC(=O)CCCCCCCCCCCCCCCCCCCCCCCCCCC/C=C\CCCCCCCCCC)COC(OCC[N+](C)(C)C)C(=O)O. The molecule has 0 aliphatic carbocycles. The van der Waals surface area contributed by atoms with Crippen LogP contribution in [0, 0.1) is 0 Å². The monoisotopic (exact) mass is 1450 g/mol. The van der Waals surface area contributed by atoms with Crippen molar-refractivity contribution in [2.24, 2.45) is 0 Å². The third kappa shape index (κ3) is 86.6. The Morgan fingerprint density at radius 1 is 0.291 bits per heavy atom. The molecule has 608 valence electrons. The number of esters is 2. The molecule has 0 amide bonds. The minimum absolute atomic E-state index is 0.174. The standard InChI is InChI=1S/C94H179NO8/c1-6-8-10-12-14-16-18-20-22-24-26-28-30-32-34-36-38-40-42-44-45-46-47-49-51-53-55-57-59-61-63-65-67-69-71-73-75-77-79-81-83-85-92(97)103-90(89-102-94(93(98)99)100-87-86-95(3,4)5)88-101-91(96)84-82-80-78-76-74-72-70-68-66-64-62-60-58-56-54-52-50-48-43-41-39-37-35-33-31-29-27-25-23-21-19-17-15-13-11-9-7-2/h18,20,24-27,90,94H,6-17,19,21-23,28-89H2,1-5H3/p+1/b20-18-,26-24-,27-25-. The number of quaternary nitrogens is 1. The summed E-state index contributed by atoms with van der Waals surface area (Å²) in [6, 6.07) is 0. The van der Waals surface area contributed by atoms with Gasteiger partial charge in [-0.25, -0.2) is 4.79 Å². The van der Waals surface area contributed by atoms with Gasteiger partial charge in [-0.3, -0.25) is 9.59 Å². The molecule has 0 aliphatic heterocycles. The zero-order chi connectivity index (χ0) is 74.6. The number of likely N-dealkylation sites (N-methyl/N-ethyl adjacent to an activating group) is 1. The van der Waals surface area contributed by atoms with Gasteiger partial charge in [-0.1, -0.05) is 442 Å². The Morgan fingerprint density at radius 3 is 0.777 bits per heavy atom. The molecule has 9 heteroatoms. The summed E-state index contributed by atoms with van der Waals surface area (Å²) in [5, 5.41) is 9.80. The molecule has 0 rings (SSSR count). The first kappa shape index (κ1) is 101. The zero-order valence-electron chi connectivity index (χ0n) is 70.0. The van der Waals surface area contributed by atoms with Crippen molar-refractivity contribution in [3.63, 3.8) is 0 Å². The van der Waals surface area contributed by atoms with Crippen LogP contribution in [0.4, 0.5) is 0 Å². The number of nitrogens with zero attached hydrogens (tertiary/aromatic N) is 1. The average Bonchev–Trinajstić information content (AvgIpc) is 1.01. The fourth-order valence-electron chi connectivity index (χ4n) is 14.3. The Morgan fingerprint density at radius 2 is 0.524 bits per heavy atom. The van der Waals surface area contributed by atoms with Crippen molar-refractivity contribution in [3.05, 3.63) is 36.5 Å². The van der Waals surface area contributed by atoms with Gasteiger partial charge >= 0.3 is 17.9 Å². The Bertz CT molecular complexity index is 1790. The van der Waals surface area contributed by atoms with E-state index in [1.807, 2.05) is 21.1 Å². The van der Waals surface area contributed by atoms with Crippen molar-refractivity contribution in [2.45, 2.75) is 501 Å². The van der Waals surface area contributed by atoms with E-state index in [1.165, 1.54) is 417 Å².